The Labute approximate surface area is 110 Å². The normalized spacial score (nSPS) is 12.7. The quantitative estimate of drug-likeness (QED) is 0.720. The Morgan fingerprint density at radius 2 is 2.16 bits per heavy atom. The maximum absolute atomic E-state index is 5.34. The van der Waals surface area contributed by atoms with Gasteiger partial charge in [-0.25, -0.2) is 4.98 Å². The third-order valence-electron chi connectivity index (χ3n) is 3.19. The zero-order chi connectivity index (χ0) is 13.2. The minimum atomic E-state index is 0.0755. The molecule has 0 aliphatic rings. The van der Waals surface area contributed by atoms with E-state index in [4.69, 9.17) is 4.74 Å². The Hall–Kier alpha value is -2.27. The van der Waals surface area contributed by atoms with E-state index >= 15 is 0 Å². The maximum atomic E-state index is 5.34. The van der Waals surface area contributed by atoms with E-state index < -0.39 is 0 Å². The Morgan fingerprint density at radius 3 is 3.00 bits per heavy atom. The van der Waals surface area contributed by atoms with Crippen LogP contribution >= 0.6 is 0 Å². The largest absolute Gasteiger partial charge is 0.377 e. The minimum Gasteiger partial charge on any atom is -0.377 e. The molecule has 0 unspecified atom stereocenters. The number of ether oxygens (including phenoxy) is 1. The van der Waals surface area contributed by atoms with Gasteiger partial charge < -0.3 is 4.74 Å². The van der Waals surface area contributed by atoms with Gasteiger partial charge in [0.2, 0.25) is 0 Å². The van der Waals surface area contributed by atoms with Crippen molar-refractivity contribution in [2.45, 2.75) is 13.0 Å². The zero-order valence-electron chi connectivity index (χ0n) is 10.8. The van der Waals surface area contributed by atoms with Gasteiger partial charge in [0.05, 0.1) is 6.10 Å². The molecule has 0 aliphatic heterocycles. The molecule has 0 saturated heterocycles. The van der Waals surface area contributed by atoms with E-state index in [1.165, 1.54) is 0 Å². The fourth-order valence-corrected chi connectivity index (χ4v) is 1.99. The summed E-state index contributed by atoms with van der Waals surface area (Å²) < 4.78 is 7.15. The topological polar surface area (TPSA) is 52.3 Å². The first-order valence-electron chi connectivity index (χ1n) is 6.06. The number of aromatic nitrogens is 4. The first-order chi connectivity index (χ1) is 9.28. The molecule has 0 spiro atoms. The summed E-state index contributed by atoms with van der Waals surface area (Å²) >= 11 is 0. The van der Waals surface area contributed by atoms with Gasteiger partial charge in [0.15, 0.2) is 0 Å². The van der Waals surface area contributed by atoms with Crippen LogP contribution in [-0.2, 0) is 4.74 Å². The lowest BCUT2D eigenvalue weighted by Gasteiger charge is -2.11. The van der Waals surface area contributed by atoms with Crippen molar-refractivity contribution >= 4 is 5.78 Å². The number of rotatable bonds is 3. The van der Waals surface area contributed by atoms with Gasteiger partial charge in [-0.3, -0.25) is 4.40 Å². The lowest BCUT2D eigenvalue weighted by molar-refractivity contribution is 0.119. The third kappa shape index (κ3) is 2.20. The summed E-state index contributed by atoms with van der Waals surface area (Å²) in [5.41, 5.74) is 3.27. The van der Waals surface area contributed by atoms with Gasteiger partial charge in [0, 0.05) is 25.1 Å². The molecule has 3 rings (SSSR count). The second-order valence-electron chi connectivity index (χ2n) is 4.38. The summed E-state index contributed by atoms with van der Waals surface area (Å²) in [6.45, 7) is 2.03. The van der Waals surface area contributed by atoms with E-state index in [-0.39, 0.29) is 6.10 Å². The highest BCUT2D eigenvalue weighted by Gasteiger charge is 2.06. The molecule has 5 nitrogen and oxygen atoms in total. The molecule has 0 N–H and O–H groups in total. The third-order valence-corrected chi connectivity index (χ3v) is 3.19. The smallest absolute Gasteiger partial charge is 0.254 e. The van der Waals surface area contributed by atoms with Crippen molar-refractivity contribution in [1.82, 2.24) is 19.6 Å². The van der Waals surface area contributed by atoms with Gasteiger partial charge in [-0.2, -0.15) is 0 Å². The fraction of sp³-hybridized carbons (Fsp3) is 0.214. The highest BCUT2D eigenvalue weighted by molar-refractivity contribution is 5.63. The summed E-state index contributed by atoms with van der Waals surface area (Å²) in [5, 5.41) is 7.72. The Bertz CT molecular complexity index is 707. The van der Waals surface area contributed by atoms with Crippen molar-refractivity contribution in [2.75, 3.05) is 7.11 Å². The van der Waals surface area contributed by atoms with E-state index in [1.807, 2.05) is 23.6 Å². The first kappa shape index (κ1) is 11.8. The van der Waals surface area contributed by atoms with Gasteiger partial charge in [-0.15, -0.1) is 10.2 Å². The second-order valence-corrected chi connectivity index (χ2v) is 4.38. The van der Waals surface area contributed by atoms with Crippen LogP contribution in [0.4, 0.5) is 0 Å². The van der Waals surface area contributed by atoms with Crippen LogP contribution < -0.4 is 0 Å². The zero-order valence-corrected chi connectivity index (χ0v) is 10.8. The number of fused-ring (bicyclic) bond motifs is 1. The van der Waals surface area contributed by atoms with E-state index in [9.17, 15) is 0 Å². The lowest BCUT2D eigenvalue weighted by atomic mass is 10.0. The number of benzene rings is 1. The van der Waals surface area contributed by atoms with Crippen LogP contribution in [0.1, 0.15) is 18.6 Å². The Morgan fingerprint density at radius 1 is 1.26 bits per heavy atom. The van der Waals surface area contributed by atoms with Crippen molar-refractivity contribution in [2.24, 2.45) is 0 Å². The molecule has 0 bridgehead atoms. The fourth-order valence-electron chi connectivity index (χ4n) is 1.99. The van der Waals surface area contributed by atoms with Gasteiger partial charge in [-0.1, -0.05) is 18.2 Å². The van der Waals surface area contributed by atoms with Crippen LogP contribution in [0.15, 0.2) is 43.0 Å². The van der Waals surface area contributed by atoms with E-state index in [0.29, 0.717) is 5.78 Å². The second kappa shape index (κ2) is 4.78. The van der Waals surface area contributed by atoms with Crippen molar-refractivity contribution in [1.29, 1.82) is 0 Å². The SMILES string of the molecule is CO[C@@H](C)c1cccc(-c2cnc3nncn3c2)c1. The van der Waals surface area contributed by atoms with Gasteiger partial charge in [-0.05, 0) is 24.1 Å². The van der Waals surface area contributed by atoms with E-state index in [0.717, 1.165) is 16.7 Å². The predicted molar refractivity (Wildman–Crippen MR) is 71.6 cm³/mol. The number of methoxy groups -OCH3 is 1. The summed E-state index contributed by atoms with van der Waals surface area (Å²) in [6, 6.07) is 8.25. The minimum absolute atomic E-state index is 0.0755. The van der Waals surface area contributed by atoms with Gasteiger partial charge in [0.25, 0.3) is 5.78 Å². The van der Waals surface area contributed by atoms with Crippen molar-refractivity contribution in [3.63, 3.8) is 0 Å². The molecule has 1 atom stereocenters. The molecule has 0 saturated carbocycles. The van der Waals surface area contributed by atoms with E-state index in [1.54, 1.807) is 19.6 Å². The standard InChI is InChI=1S/C14H14N4O/c1-10(19-2)11-4-3-5-12(6-11)13-7-15-14-17-16-9-18(14)8-13/h3-10H,1-2H3/t10-/m0/s1. The molecule has 0 fully saturated rings. The van der Waals surface area contributed by atoms with Gasteiger partial charge in [0.1, 0.15) is 6.33 Å². The summed E-state index contributed by atoms with van der Waals surface area (Å²) in [6.07, 6.45) is 5.50. The highest BCUT2D eigenvalue weighted by Crippen LogP contribution is 2.23. The molecule has 19 heavy (non-hydrogen) atoms. The number of nitrogens with zero attached hydrogens (tertiary/aromatic N) is 4. The summed E-state index contributed by atoms with van der Waals surface area (Å²) in [4.78, 5) is 4.27. The summed E-state index contributed by atoms with van der Waals surface area (Å²) in [7, 11) is 1.71. The van der Waals surface area contributed by atoms with Crippen molar-refractivity contribution < 1.29 is 4.74 Å². The molecule has 96 valence electrons. The molecule has 3 aromatic rings. The first-order valence-corrected chi connectivity index (χ1v) is 6.06. The van der Waals surface area contributed by atoms with E-state index in [2.05, 4.69) is 33.4 Å². The Kier molecular flexibility index (Phi) is 2.97. The summed E-state index contributed by atoms with van der Waals surface area (Å²) in [5.74, 6) is 0.602. The van der Waals surface area contributed by atoms with Crippen molar-refractivity contribution in [3.05, 3.63) is 48.5 Å². The highest BCUT2D eigenvalue weighted by atomic mass is 16.5. The molecular formula is C14H14N4O. The maximum Gasteiger partial charge on any atom is 0.254 e. The molecule has 0 radical (unpaired) electrons. The number of hydrogen-bond donors (Lipinski definition) is 0. The average Bonchev–Trinajstić information content (AvgIpc) is 2.94. The predicted octanol–water partition coefficient (Wildman–Crippen LogP) is 2.50. The van der Waals surface area contributed by atoms with Crippen LogP contribution in [0.5, 0.6) is 0 Å². The molecule has 1 aromatic carbocycles. The van der Waals surface area contributed by atoms with Crippen LogP contribution in [0.2, 0.25) is 0 Å². The van der Waals surface area contributed by atoms with Crippen LogP contribution in [0.3, 0.4) is 0 Å². The van der Waals surface area contributed by atoms with Crippen molar-refractivity contribution in [3.8, 4) is 11.1 Å². The Balaban J connectivity index is 2.05. The van der Waals surface area contributed by atoms with Crippen LogP contribution in [-0.4, -0.2) is 26.7 Å². The van der Waals surface area contributed by atoms with Crippen LogP contribution in [0, 0.1) is 0 Å². The molecular weight excluding hydrogens is 240 g/mol. The van der Waals surface area contributed by atoms with Gasteiger partial charge >= 0.3 is 0 Å². The average molecular weight is 254 g/mol. The van der Waals surface area contributed by atoms with Crippen LogP contribution in [0.25, 0.3) is 16.9 Å². The monoisotopic (exact) mass is 254 g/mol. The molecule has 2 heterocycles. The molecule has 5 heteroatoms. The number of hydrogen-bond acceptors (Lipinski definition) is 4. The lowest BCUT2D eigenvalue weighted by Crippen LogP contribution is -1.96. The molecule has 0 aliphatic carbocycles. The molecule has 0 amide bonds. The molecule has 2 aromatic heterocycles.